The molecule has 0 bridgehead atoms. The van der Waals surface area contributed by atoms with Crippen LogP contribution in [0.4, 0.5) is 10.5 Å². The fraction of sp³-hybridized carbons (Fsp3) is 0.500. The van der Waals surface area contributed by atoms with E-state index in [-0.39, 0.29) is 23.8 Å². The lowest BCUT2D eigenvalue weighted by Gasteiger charge is -2.36. The van der Waals surface area contributed by atoms with E-state index in [1.807, 2.05) is 39.0 Å². The minimum absolute atomic E-state index is 0.229. The minimum Gasteiger partial charge on any atom is -0.464 e. The van der Waals surface area contributed by atoms with Gasteiger partial charge in [-0.05, 0) is 45.4 Å². The molecule has 0 aliphatic carbocycles. The lowest BCUT2D eigenvalue weighted by molar-refractivity contribution is -0.134. The Morgan fingerprint density at radius 2 is 1.90 bits per heavy atom. The van der Waals surface area contributed by atoms with Crippen molar-refractivity contribution in [3.8, 4) is 0 Å². The Morgan fingerprint density at radius 1 is 1.17 bits per heavy atom. The van der Waals surface area contributed by atoms with Crippen LogP contribution in [0.1, 0.15) is 45.1 Å². The number of anilines is 1. The number of ether oxygens (including phenoxy) is 1. The highest BCUT2D eigenvalue weighted by molar-refractivity contribution is 6.03. The van der Waals surface area contributed by atoms with E-state index in [1.54, 1.807) is 11.2 Å². The molecule has 3 amide bonds. The molecule has 2 aromatic rings. The summed E-state index contributed by atoms with van der Waals surface area (Å²) < 4.78 is 11.1. The zero-order valence-corrected chi connectivity index (χ0v) is 17.6. The summed E-state index contributed by atoms with van der Waals surface area (Å²) in [7, 11) is 0. The summed E-state index contributed by atoms with van der Waals surface area (Å²) in [6.07, 6.45) is 2.15. The van der Waals surface area contributed by atoms with Crippen LogP contribution in [0.2, 0.25) is 0 Å². The monoisotopic (exact) mass is 413 g/mol. The molecule has 1 atom stereocenters. The second kappa shape index (κ2) is 7.66. The van der Waals surface area contributed by atoms with Crippen LogP contribution < -0.4 is 10.2 Å². The molecule has 3 heterocycles. The Morgan fingerprint density at radius 3 is 2.57 bits per heavy atom. The topological polar surface area (TPSA) is 92.1 Å². The van der Waals surface area contributed by atoms with Crippen LogP contribution in [0.15, 0.2) is 28.9 Å². The quantitative estimate of drug-likeness (QED) is 0.761. The van der Waals surface area contributed by atoms with E-state index < -0.39 is 5.60 Å². The van der Waals surface area contributed by atoms with Gasteiger partial charge < -0.3 is 19.0 Å². The summed E-state index contributed by atoms with van der Waals surface area (Å²) in [5.74, 6) is -0.888. The fourth-order valence-electron chi connectivity index (χ4n) is 3.97. The molecule has 0 radical (unpaired) electrons. The molecule has 0 spiro atoms. The number of furan rings is 1. The lowest BCUT2D eigenvalue weighted by atomic mass is 9.90. The zero-order valence-electron chi connectivity index (χ0n) is 17.6. The summed E-state index contributed by atoms with van der Waals surface area (Å²) in [4.78, 5) is 40.0. The highest BCUT2D eigenvalue weighted by Crippen LogP contribution is 2.34. The van der Waals surface area contributed by atoms with Crippen molar-refractivity contribution in [3.63, 3.8) is 0 Å². The first kappa shape index (κ1) is 20.3. The molecule has 1 unspecified atom stereocenters. The van der Waals surface area contributed by atoms with Gasteiger partial charge >= 0.3 is 6.09 Å². The number of amides is 3. The summed E-state index contributed by atoms with van der Waals surface area (Å²) in [6.45, 7) is 8.13. The largest absolute Gasteiger partial charge is 0.464 e. The molecule has 1 aromatic carbocycles. The number of nitrogens with one attached hydrogen (secondary N) is 1. The van der Waals surface area contributed by atoms with Gasteiger partial charge in [-0.25, -0.2) is 4.79 Å². The maximum atomic E-state index is 12.3. The number of piperazine rings is 1. The van der Waals surface area contributed by atoms with Crippen molar-refractivity contribution < 1.29 is 23.5 Å². The molecule has 30 heavy (non-hydrogen) atoms. The van der Waals surface area contributed by atoms with Crippen LogP contribution in [0, 0.1) is 0 Å². The first-order valence-electron chi connectivity index (χ1n) is 10.3. The minimum atomic E-state index is -0.507. The third-order valence-corrected chi connectivity index (χ3v) is 5.50. The van der Waals surface area contributed by atoms with E-state index in [4.69, 9.17) is 9.15 Å². The van der Waals surface area contributed by atoms with Gasteiger partial charge in [-0.3, -0.25) is 14.9 Å². The second-order valence-corrected chi connectivity index (χ2v) is 8.83. The van der Waals surface area contributed by atoms with Gasteiger partial charge in [0.05, 0.1) is 12.2 Å². The van der Waals surface area contributed by atoms with E-state index in [0.717, 1.165) is 16.6 Å². The van der Waals surface area contributed by atoms with Crippen LogP contribution in [0.3, 0.4) is 0 Å². The molecule has 8 nitrogen and oxygen atoms in total. The number of rotatable bonds is 2. The standard InChI is InChI=1S/C22H27N3O5/c1-22(2,3)30-21(28)25-10-8-24(9-11-25)14-4-6-18-16(12-14)17(13-29-18)15-5-7-19(26)23-20(15)27/h4,6,12-13,15H,5,7-11H2,1-3H3,(H,23,26,27). The highest BCUT2D eigenvalue weighted by atomic mass is 16.6. The normalized spacial score (nSPS) is 20.4. The summed E-state index contributed by atoms with van der Waals surface area (Å²) in [6, 6.07) is 5.92. The summed E-state index contributed by atoms with van der Waals surface area (Å²) in [5.41, 5.74) is 2.03. The first-order chi connectivity index (χ1) is 14.2. The van der Waals surface area contributed by atoms with Gasteiger partial charge in [0.1, 0.15) is 11.2 Å². The number of hydrogen-bond donors (Lipinski definition) is 1. The SMILES string of the molecule is CC(C)(C)OC(=O)N1CCN(c2ccc3occ(C4CCC(=O)NC4=O)c3c2)CC1. The number of imide groups is 1. The first-order valence-corrected chi connectivity index (χ1v) is 10.3. The van der Waals surface area contributed by atoms with Gasteiger partial charge in [-0.2, -0.15) is 0 Å². The molecule has 1 aromatic heterocycles. The van der Waals surface area contributed by atoms with Crippen molar-refractivity contribution >= 4 is 34.6 Å². The van der Waals surface area contributed by atoms with Crippen LogP contribution in [0.5, 0.6) is 0 Å². The zero-order chi connectivity index (χ0) is 21.5. The number of benzene rings is 1. The number of carbonyl (C=O) groups is 3. The second-order valence-electron chi connectivity index (χ2n) is 8.83. The Bertz CT molecular complexity index is 982. The molecule has 2 aliphatic rings. The molecular formula is C22H27N3O5. The van der Waals surface area contributed by atoms with Gasteiger partial charge in [-0.15, -0.1) is 0 Å². The van der Waals surface area contributed by atoms with Gasteiger partial charge in [0.25, 0.3) is 0 Å². The van der Waals surface area contributed by atoms with Crippen molar-refractivity contribution in [3.05, 3.63) is 30.0 Å². The number of fused-ring (bicyclic) bond motifs is 1. The van der Waals surface area contributed by atoms with Crippen LogP contribution in [-0.4, -0.2) is 54.6 Å². The Balaban J connectivity index is 1.49. The van der Waals surface area contributed by atoms with E-state index in [0.29, 0.717) is 44.6 Å². The van der Waals surface area contributed by atoms with E-state index >= 15 is 0 Å². The van der Waals surface area contributed by atoms with Crippen molar-refractivity contribution in [1.29, 1.82) is 0 Å². The third-order valence-electron chi connectivity index (χ3n) is 5.50. The molecule has 2 fully saturated rings. The van der Waals surface area contributed by atoms with E-state index in [9.17, 15) is 14.4 Å². The average molecular weight is 413 g/mol. The van der Waals surface area contributed by atoms with Crippen molar-refractivity contribution in [2.45, 2.75) is 45.1 Å². The van der Waals surface area contributed by atoms with Gasteiger partial charge in [0.2, 0.25) is 11.8 Å². The maximum absolute atomic E-state index is 12.3. The third kappa shape index (κ3) is 4.13. The van der Waals surface area contributed by atoms with Crippen molar-refractivity contribution in [1.82, 2.24) is 10.2 Å². The molecule has 160 valence electrons. The van der Waals surface area contributed by atoms with Gasteiger partial charge in [-0.1, -0.05) is 0 Å². The Labute approximate surface area is 175 Å². The van der Waals surface area contributed by atoms with E-state index in [1.165, 1.54) is 0 Å². The number of piperidine rings is 1. The summed E-state index contributed by atoms with van der Waals surface area (Å²) >= 11 is 0. The predicted octanol–water partition coefficient (Wildman–Crippen LogP) is 3.01. The molecule has 8 heteroatoms. The Kier molecular flexibility index (Phi) is 5.17. The number of hydrogen-bond acceptors (Lipinski definition) is 6. The molecule has 1 N–H and O–H groups in total. The predicted molar refractivity (Wildman–Crippen MR) is 111 cm³/mol. The molecule has 0 saturated carbocycles. The molecule has 2 aliphatic heterocycles. The molecular weight excluding hydrogens is 386 g/mol. The smallest absolute Gasteiger partial charge is 0.410 e. The van der Waals surface area contributed by atoms with Crippen LogP contribution in [-0.2, 0) is 14.3 Å². The molecule has 2 saturated heterocycles. The van der Waals surface area contributed by atoms with Crippen molar-refractivity contribution in [2.75, 3.05) is 31.1 Å². The Hall–Kier alpha value is -3.03. The van der Waals surface area contributed by atoms with Crippen LogP contribution >= 0.6 is 0 Å². The van der Waals surface area contributed by atoms with Crippen molar-refractivity contribution in [2.24, 2.45) is 0 Å². The average Bonchev–Trinajstić information content (AvgIpc) is 3.10. The lowest BCUT2D eigenvalue weighted by Crippen LogP contribution is -2.50. The highest BCUT2D eigenvalue weighted by Gasteiger charge is 2.31. The maximum Gasteiger partial charge on any atom is 0.410 e. The fourth-order valence-corrected chi connectivity index (χ4v) is 3.97. The number of carbonyl (C=O) groups excluding carboxylic acids is 3. The summed E-state index contributed by atoms with van der Waals surface area (Å²) in [5, 5.41) is 3.30. The van der Waals surface area contributed by atoms with Gasteiger partial charge in [0.15, 0.2) is 0 Å². The number of nitrogens with zero attached hydrogens (tertiary/aromatic N) is 2. The molecule has 4 rings (SSSR count). The van der Waals surface area contributed by atoms with Gasteiger partial charge in [0, 0.05) is 49.2 Å². The van der Waals surface area contributed by atoms with Crippen LogP contribution in [0.25, 0.3) is 11.0 Å². The van der Waals surface area contributed by atoms with E-state index in [2.05, 4.69) is 10.2 Å².